The van der Waals surface area contributed by atoms with Gasteiger partial charge in [-0.3, -0.25) is 4.79 Å². The lowest BCUT2D eigenvalue weighted by molar-refractivity contribution is -0.116. The van der Waals surface area contributed by atoms with E-state index < -0.39 is 6.04 Å². The molecule has 4 nitrogen and oxygen atoms in total. The van der Waals surface area contributed by atoms with Crippen molar-refractivity contribution >= 4 is 28.9 Å². The molecule has 2 aromatic carbocycles. The summed E-state index contributed by atoms with van der Waals surface area (Å²) in [5.41, 5.74) is 2.65. The molecule has 0 aromatic heterocycles. The average molecular weight is 373 g/mol. The second-order valence-electron chi connectivity index (χ2n) is 6.84. The molecule has 1 unspecified atom stereocenters. The Hall–Kier alpha value is -2.20. The summed E-state index contributed by atoms with van der Waals surface area (Å²) < 4.78 is 5.97. The number of rotatable bonds is 6. The number of para-hydroxylation sites is 1. The third-order valence-electron chi connectivity index (χ3n) is 4.71. The van der Waals surface area contributed by atoms with E-state index in [-0.39, 0.29) is 12.0 Å². The van der Waals surface area contributed by atoms with Gasteiger partial charge in [0.05, 0.1) is 11.1 Å². The minimum atomic E-state index is -0.396. The van der Waals surface area contributed by atoms with E-state index in [9.17, 15) is 4.79 Å². The first kappa shape index (κ1) is 18.6. The van der Waals surface area contributed by atoms with Crippen LogP contribution in [0.5, 0.6) is 5.75 Å². The van der Waals surface area contributed by atoms with Gasteiger partial charge in [0.1, 0.15) is 11.8 Å². The number of ether oxygens (including phenoxy) is 1. The largest absolute Gasteiger partial charge is 0.489 e. The topological polar surface area (TPSA) is 50.4 Å². The van der Waals surface area contributed by atoms with Crippen LogP contribution >= 0.6 is 11.6 Å². The minimum Gasteiger partial charge on any atom is -0.489 e. The van der Waals surface area contributed by atoms with Crippen molar-refractivity contribution in [1.82, 2.24) is 0 Å². The number of carbonyl (C=O) groups is 1. The van der Waals surface area contributed by atoms with Gasteiger partial charge in [-0.2, -0.15) is 0 Å². The highest BCUT2D eigenvalue weighted by molar-refractivity contribution is 6.32. The molecule has 0 spiro atoms. The van der Waals surface area contributed by atoms with E-state index in [1.807, 2.05) is 56.3 Å². The lowest BCUT2D eigenvalue weighted by Crippen LogP contribution is -2.32. The quantitative estimate of drug-likeness (QED) is 0.712. The van der Waals surface area contributed by atoms with Crippen molar-refractivity contribution in [3.8, 4) is 5.75 Å². The first-order valence-electron chi connectivity index (χ1n) is 9.12. The van der Waals surface area contributed by atoms with Crippen molar-refractivity contribution in [3.63, 3.8) is 0 Å². The summed E-state index contributed by atoms with van der Waals surface area (Å²) in [6, 6.07) is 12.9. The van der Waals surface area contributed by atoms with E-state index in [4.69, 9.17) is 16.3 Å². The van der Waals surface area contributed by atoms with E-state index in [1.54, 1.807) is 0 Å². The summed E-state index contributed by atoms with van der Waals surface area (Å²) in [6.07, 6.45) is 4.88. The van der Waals surface area contributed by atoms with Crippen LogP contribution in [0.2, 0.25) is 5.02 Å². The van der Waals surface area contributed by atoms with Gasteiger partial charge in [0, 0.05) is 11.4 Å². The Morgan fingerprint density at radius 2 is 1.92 bits per heavy atom. The second-order valence-corrected chi connectivity index (χ2v) is 7.25. The molecule has 0 saturated heterocycles. The van der Waals surface area contributed by atoms with Crippen LogP contribution in [0.15, 0.2) is 42.5 Å². The van der Waals surface area contributed by atoms with Gasteiger partial charge < -0.3 is 15.4 Å². The summed E-state index contributed by atoms with van der Waals surface area (Å²) in [7, 11) is 0. The van der Waals surface area contributed by atoms with Crippen LogP contribution in [-0.4, -0.2) is 18.1 Å². The maximum Gasteiger partial charge on any atom is 0.246 e. The zero-order valence-corrected chi connectivity index (χ0v) is 16.0. The number of carbonyl (C=O) groups excluding carboxylic acids is 1. The summed E-state index contributed by atoms with van der Waals surface area (Å²) in [5, 5.41) is 6.70. The normalized spacial score (nSPS) is 15.5. The molecule has 138 valence electrons. The van der Waals surface area contributed by atoms with Crippen molar-refractivity contribution < 1.29 is 9.53 Å². The molecule has 5 heteroatoms. The predicted octanol–water partition coefficient (Wildman–Crippen LogP) is 5.41. The predicted molar refractivity (Wildman–Crippen MR) is 107 cm³/mol. The third-order valence-corrected chi connectivity index (χ3v) is 5.00. The molecule has 3 rings (SSSR count). The lowest BCUT2D eigenvalue weighted by Gasteiger charge is -2.18. The van der Waals surface area contributed by atoms with Crippen molar-refractivity contribution in [1.29, 1.82) is 0 Å². The number of aryl methyl sites for hydroxylation is 1. The van der Waals surface area contributed by atoms with Gasteiger partial charge in [-0.15, -0.1) is 0 Å². The molecular formula is C21H25ClN2O2. The zero-order valence-electron chi connectivity index (χ0n) is 15.2. The van der Waals surface area contributed by atoms with E-state index in [1.165, 1.54) is 12.8 Å². The molecule has 26 heavy (non-hydrogen) atoms. The van der Waals surface area contributed by atoms with Gasteiger partial charge >= 0.3 is 0 Å². The van der Waals surface area contributed by atoms with Crippen molar-refractivity contribution in [2.24, 2.45) is 0 Å². The highest BCUT2D eigenvalue weighted by atomic mass is 35.5. The minimum absolute atomic E-state index is 0.0956. The fraction of sp³-hybridized carbons (Fsp3) is 0.381. The molecule has 1 atom stereocenters. The van der Waals surface area contributed by atoms with E-state index in [0.717, 1.165) is 29.8 Å². The Labute approximate surface area is 159 Å². The van der Waals surface area contributed by atoms with Gasteiger partial charge in [0.25, 0.3) is 0 Å². The Balaban J connectivity index is 1.59. The molecule has 0 radical (unpaired) electrons. The van der Waals surface area contributed by atoms with Crippen molar-refractivity contribution in [3.05, 3.63) is 53.1 Å². The average Bonchev–Trinajstić information content (AvgIpc) is 3.12. The Morgan fingerprint density at radius 1 is 1.19 bits per heavy atom. The fourth-order valence-electron chi connectivity index (χ4n) is 3.14. The molecule has 0 aliphatic heterocycles. The van der Waals surface area contributed by atoms with E-state index in [2.05, 4.69) is 10.6 Å². The zero-order chi connectivity index (χ0) is 18.5. The number of hydrogen-bond acceptors (Lipinski definition) is 3. The lowest BCUT2D eigenvalue weighted by atomic mass is 10.2. The number of amides is 1. The fourth-order valence-corrected chi connectivity index (χ4v) is 3.37. The first-order chi connectivity index (χ1) is 12.5. The van der Waals surface area contributed by atoms with E-state index >= 15 is 0 Å². The number of nitrogens with one attached hydrogen (secondary N) is 2. The number of anilines is 2. The van der Waals surface area contributed by atoms with Gasteiger partial charge in [-0.1, -0.05) is 29.8 Å². The maximum absolute atomic E-state index is 12.4. The molecule has 2 N–H and O–H groups in total. The van der Waals surface area contributed by atoms with Gasteiger partial charge in [0.15, 0.2) is 0 Å². The Morgan fingerprint density at radius 3 is 2.62 bits per heavy atom. The molecule has 1 aliphatic carbocycles. The highest BCUT2D eigenvalue weighted by Gasteiger charge is 2.18. The third kappa shape index (κ3) is 4.70. The molecule has 0 heterocycles. The van der Waals surface area contributed by atoms with E-state index in [0.29, 0.717) is 10.8 Å². The number of halogens is 1. The molecule has 2 aromatic rings. The molecule has 0 bridgehead atoms. The van der Waals surface area contributed by atoms with Gasteiger partial charge in [-0.25, -0.2) is 0 Å². The molecule has 1 aliphatic rings. The SMILES string of the molecule is Cc1ccccc1NC(=O)C(C)Nc1ccc(OC2CCCC2)c(Cl)c1. The Kier molecular flexibility index (Phi) is 6.04. The van der Waals surface area contributed by atoms with Gasteiger partial charge in [-0.05, 0) is 69.4 Å². The maximum atomic E-state index is 12.4. The van der Waals surface area contributed by atoms with Crippen LogP contribution in [0.4, 0.5) is 11.4 Å². The monoisotopic (exact) mass is 372 g/mol. The standard InChI is InChI=1S/C21H25ClN2O2/c1-14-7-3-6-10-19(14)24-21(25)15(2)23-16-11-12-20(18(22)13-16)26-17-8-4-5-9-17/h3,6-7,10-13,15,17,23H,4-5,8-9H2,1-2H3,(H,24,25). The van der Waals surface area contributed by atoms with Crippen molar-refractivity contribution in [2.45, 2.75) is 51.7 Å². The molecular weight excluding hydrogens is 348 g/mol. The smallest absolute Gasteiger partial charge is 0.246 e. The van der Waals surface area contributed by atoms with Crippen LogP contribution in [0.3, 0.4) is 0 Å². The summed E-state index contributed by atoms with van der Waals surface area (Å²) in [5.74, 6) is 0.614. The summed E-state index contributed by atoms with van der Waals surface area (Å²) >= 11 is 6.36. The van der Waals surface area contributed by atoms with Crippen LogP contribution in [0.25, 0.3) is 0 Å². The summed E-state index contributed by atoms with van der Waals surface area (Å²) in [6.45, 7) is 3.79. The number of benzene rings is 2. The van der Waals surface area contributed by atoms with Gasteiger partial charge in [0.2, 0.25) is 5.91 Å². The Bertz CT molecular complexity index is 772. The van der Waals surface area contributed by atoms with Crippen molar-refractivity contribution in [2.75, 3.05) is 10.6 Å². The van der Waals surface area contributed by atoms with Crippen LogP contribution in [0, 0.1) is 6.92 Å². The molecule has 1 saturated carbocycles. The second kappa shape index (κ2) is 8.45. The summed E-state index contributed by atoms with van der Waals surface area (Å²) in [4.78, 5) is 12.4. The van der Waals surface area contributed by atoms with Crippen LogP contribution in [0.1, 0.15) is 38.2 Å². The van der Waals surface area contributed by atoms with Crippen LogP contribution in [-0.2, 0) is 4.79 Å². The molecule has 1 fully saturated rings. The number of hydrogen-bond donors (Lipinski definition) is 2. The highest BCUT2D eigenvalue weighted by Crippen LogP contribution is 2.32. The molecule has 1 amide bonds. The van der Waals surface area contributed by atoms with Crippen LogP contribution < -0.4 is 15.4 Å². The first-order valence-corrected chi connectivity index (χ1v) is 9.50.